The van der Waals surface area contributed by atoms with E-state index >= 15 is 0 Å². The molecule has 0 heterocycles. The van der Waals surface area contributed by atoms with Crippen molar-refractivity contribution < 1.29 is 9.90 Å². The van der Waals surface area contributed by atoms with Gasteiger partial charge in [-0.2, -0.15) is 5.26 Å². The van der Waals surface area contributed by atoms with E-state index in [1.165, 1.54) is 0 Å². The van der Waals surface area contributed by atoms with Gasteiger partial charge in [-0.05, 0) is 30.2 Å². The van der Waals surface area contributed by atoms with Crippen LogP contribution in [0.15, 0.2) is 16.6 Å². The Kier molecular flexibility index (Phi) is 3.26. The van der Waals surface area contributed by atoms with E-state index in [1.807, 2.05) is 6.07 Å². The van der Waals surface area contributed by atoms with Crippen molar-refractivity contribution in [1.29, 1.82) is 5.26 Å². The summed E-state index contributed by atoms with van der Waals surface area (Å²) in [5, 5.41) is 17.5. The molecule has 0 aliphatic heterocycles. The largest absolute Gasteiger partial charge is 0.481 e. The standard InChI is InChI=1S/C10H8BrNO2/c1-6-2-8(11)3-7(4-10(13)14)9(6)5-12/h2-3H,4H2,1H3,(H,13,14). The van der Waals surface area contributed by atoms with Crippen LogP contribution in [0.4, 0.5) is 0 Å². The van der Waals surface area contributed by atoms with Gasteiger partial charge in [-0.15, -0.1) is 0 Å². The number of halogens is 1. The van der Waals surface area contributed by atoms with Crippen molar-refractivity contribution in [3.8, 4) is 6.07 Å². The number of aryl methyl sites for hydroxylation is 1. The second-order valence-electron chi connectivity index (χ2n) is 2.94. The molecule has 0 fully saturated rings. The quantitative estimate of drug-likeness (QED) is 0.880. The second kappa shape index (κ2) is 4.25. The molecule has 0 aliphatic rings. The number of nitrogens with zero attached hydrogens (tertiary/aromatic N) is 1. The Hall–Kier alpha value is -1.34. The van der Waals surface area contributed by atoms with Gasteiger partial charge in [0.2, 0.25) is 0 Å². The highest BCUT2D eigenvalue weighted by atomic mass is 79.9. The van der Waals surface area contributed by atoms with Gasteiger partial charge in [-0.25, -0.2) is 0 Å². The van der Waals surface area contributed by atoms with Crippen molar-refractivity contribution in [2.45, 2.75) is 13.3 Å². The fourth-order valence-corrected chi connectivity index (χ4v) is 1.89. The highest BCUT2D eigenvalue weighted by Crippen LogP contribution is 2.20. The monoisotopic (exact) mass is 253 g/mol. The molecule has 4 heteroatoms. The first-order valence-electron chi connectivity index (χ1n) is 3.95. The number of hydrogen-bond acceptors (Lipinski definition) is 2. The third-order valence-electron chi connectivity index (χ3n) is 1.84. The van der Waals surface area contributed by atoms with Crippen LogP contribution in [0.2, 0.25) is 0 Å². The van der Waals surface area contributed by atoms with Crippen LogP contribution in [-0.2, 0) is 11.2 Å². The maximum Gasteiger partial charge on any atom is 0.307 e. The lowest BCUT2D eigenvalue weighted by molar-refractivity contribution is -0.136. The first-order chi connectivity index (χ1) is 6.54. The predicted molar refractivity (Wildman–Crippen MR) is 54.9 cm³/mol. The molecule has 1 N–H and O–H groups in total. The van der Waals surface area contributed by atoms with E-state index in [0.717, 1.165) is 10.0 Å². The molecule has 0 amide bonds. The second-order valence-corrected chi connectivity index (χ2v) is 3.85. The molecule has 0 radical (unpaired) electrons. The van der Waals surface area contributed by atoms with Crippen LogP contribution >= 0.6 is 15.9 Å². The molecule has 0 aromatic heterocycles. The van der Waals surface area contributed by atoms with Gasteiger partial charge >= 0.3 is 5.97 Å². The van der Waals surface area contributed by atoms with Gasteiger partial charge in [0.15, 0.2) is 0 Å². The van der Waals surface area contributed by atoms with E-state index in [9.17, 15) is 4.79 Å². The Morgan fingerprint density at radius 1 is 1.64 bits per heavy atom. The average molecular weight is 254 g/mol. The Balaban J connectivity index is 3.26. The van der Waals surface area contributed by atoms with Crippen LogP contribution in [0.25, 0.3) is 0 Å². The molecule has 0 saturated carbocycles. The Labute approximate surface area is 90.1 Å². The van der Waals surface area contributed by atoms with Crippen molar-refractivity contribution in [3.63, 3.8) is 0 Å². The third-order valence-corrected chi connectivity index (χ3v) is 2.29. The zero-order valence-corrected chi connectivity index (χ0v) is 9.13. The van der Waals surface area contributed by atoms with E-state index in [-0.39, 0.29) is 6.42 Å². The molecule has 0 atom stereocenters. The summed E-state index contributed by atoms with van der Waals surface area (Å²) in [5.41, 5.74) is 1.79. The summed E-state index contributed by atoms with van der Waals surface area (Å²) >= 11 is 3.26. The maximum atomic E-state index is 10.5. The normalized spacial score (nSPS) is 9.50. The van der Waals surface area contributed by atoms with Crippen molar-refractivity contribution in [3.05, 3.63) is 33.3 Å². The highest BCUT2D eigenvalue weighted by molar-refractivity contribution is 9.10. The Bertz CT molecular complexity index is 421. The molecule has 0 bridgehead atoms. The molecule has 0 aliphatic carbocycles. The molecule has 1 aromatic carbocycles. The van der Waals surface area contributed by atoms with Gasteiger partial charge in [0.1, 0.15) is 0 Å². The molecular weight excluding hydrogens is 246 g/mol. The first kappa shape index (κ1) is 10.7. The molecule has 0 spiro atoms. The fraction of sp³-hybridized carbons (Fsp3) is 0.200. The van der Waals surface area contributed by atoms with Crippen LogP contribution in [0, 0.1) is 18.3 Å². The SMILES string of the molecule is Cc1cc(Br)cc(CC(=O)O)c1C#N. The number of nitriles is 1. The predicted octanol–water partition coefficient (Wildman–Crippen LogP) is 2.26. The van der Waals surface area contributed by atoms with E-state index < -0.39 is 5.97 Å². The number of carbonyl (C=O) groups is 1. The van der Waals surface area contributed by atoms with Gasteiger partial charge in [-0.1, -0.05) is 15.9 Å². The third kappa shape index (κ3) is 2.33. The molecule has 3 nitrogen and oxygen atoms in total. The number of carboxylic acids is 1. The van der Waals surface area contributed by atoms with Gasteiger partial charge in [-0.3, -0.25) is 4.79 Å². The minimum atomic E-state index is -0.931. The molecule has 72 valence electrons. The molecule has 0 saturated heterocycles. The average Bonchev–Trinajstić information content (AvgIpc) is 2.01. The topological polar surface area (TPSA) is 61.1 Å². The Morgan fingerprint density at radius 2 is 2.29 bits per heavy atom. The zero-order chi connectivity index (χ0) is 10.7. The number of benzene rings is 1. The van der Waals surface area contributed by atoms with Crippen molar-refractivity contribution in [2.75, 3.05) is 0 Å². The number of aliphatic carboxylic acids is 1. The van der Waals surface area contributed by atoms with E-state index in [2.05, 4.69) is 15.9 Å². The van der Waals surface area contributed by atoms with Crippen LogP contribution in [0.1, 0.15) is 16.7 Å². The molecule has 1 aromatic rings. The van der Waals surface area contributed by atoms with Gasteiger partial charge in [0.25, 0.3) is 0 Å². The maximum absolute atomic E-state index is 10.5. The lowest BCUT2D eigenvalue weighted by Gasteiger charge is -2.05. The van der Waals surface area contributed by atoms with E-state index in [0.29, 0.717) is 11.1 Å². The minimum absolute atomic E-state index is 0.122. The summed E-state index contributed by atoms with van der Waals surface area (Å²) in [6.45, 7) is 1.79. The molecular formula is C10H8BrNO2. The molecule has 0 unspecified atom stereocenters. The van der Waals surface area contributed by atoms with Crippen LogP contribution in [0.5, 0.6) is 0 Å². The smallest absolute Gasteiger partial charge is 0.307 e. The van der Waals surface area contributed by atoms with E-state index in [4.69, 9.17) is 10.4 Å². The van der Waals surface area contributed by atoms with Gasteiger partial charge in [0.05, 0.1) is 18.1 Å². The first-order valence-corrected chi connectivity index (χ1v) is 4.75. The van der Waals surface area contributed by atoms with Crippen molar-refractivity contribution in [1.82, 2.24) is 0 Å². The summed E-state index contributed by atoms with van der Waals surface area (Å²) in [7, 11) is 0. The van der Waals surface area contributed by atoms with Crippen LogP contribution in [-0.4, -0.2) is 11.1 Å². The fourth-order valence-electron chi connectivity index (χ4n) is 1.27. The minimum Gasteiger partial charge on any atom is -0.481 e. The lowest BCUT2D eigenvalue weighted by atomic mass is 10.0. The van der Waals surface area contributed by atoms with Crippen LogP contribution < -0.4 is 0 Å². The highest BCUT2D eigenvalue weighted by Gasteiger charge is 2.09. The molecule has 1 rings (SSSR count). The lowest BCUT2D eigenvalue weighted by Crippen LogP contribution is -2.03. The molecule has 14 heavy (non-hydrogen) atoms. The van der Waals surface area contributed by atoms with Gasteiger partial charge < -0.3 is 5.11 Å². The summed E-state index contributed by atoms with van der Waals surface area (Å²) in [5.74, 6) is -0.931. The number of rotatable bonds is 2. The summed E-state index contributed by atoms with van der Waals surface area (Å²) in [4.78, 5) is 10.5. The zero-order valence-electron chi connectivity index (χ0n) is 7.54. The number of hydrogen-bond donors (Lipinski definition) is 1. The van der Waals surface area contributed by atoms with Gasteiger partial charge in [0, 0.05) is 4.47 Å². The summed E-state index contributed by atoms with van der Waals surface area (Å²) in [6, 6.07) is 5.47. The van der Waals surface area contributed by atoms with Crippen molar-refractivity contribution in [2.24, 2.45) is 0 Å². The summed E-state index contributed by atoms with van der Waals surface area (Å²) < 4.78 is 0.797. The summed E-state index contributed by atoms with van der Waals surface area (Å²) in [6.07, 6.45) is -0.122. The Morgan fingerprint density at radius 3 is 2.79 bits per heavy atom. The number of carboxylic acid groups (broad SMARTS) is 1. The van der Waals surface area contributed by atoms with Crippen molar-refractivity contribution >= 4 is 21.9 Å². The van der Waals surface area contributed by atoms with E-state index in [1.54, 1.807) is 19.1 Å². The van der Waals surface area contributed by atoms with Crippen LogP contribution in [0.3, 0.4) is 0 Å².